The van der Waals surface area contributed by atoms with Gasteiger partial charge in [-0.3, -0.25) is 0 Å². The molecule has 0 radical (unpaired) electrons. The van der Waals surface area contributed by atoms with Gasteiger partial charge < -0.3 is 4.74 Å². The van der Waals surface area contributed by atoms with Crippen molar-refractivity contribution in [3.63, 3.8) is 0 Å². The van der Waals surface area contributed by atoms with E-state index in [1.807, 2.05) is 6.07 Å². The number of nitriles is 1. The Morgan fingerprint density at radius 3 is 2.80 bits per heavy atom. The zero-order valence-electron chi connectivity index (χ0n) is 8.57. The zero-order valence-corrected chi connectivity index (χ0v) is 9.47. The number of carbonyl (C=O) groups is 1. The van der Waals surface area contributed by atoms with Crippen LogP contribution in [-0.4, -0.2) is 12.6 Å². The molecule has 0 unspecified atom stereocenters. The lowest BCUT2D eigenvalue weighted by molar-refractivity contribution is 0.0525. The Hall–Kier alpha value is -1.47. The van der Waals surface area contributed by atoms with Crippen LogP contribution in [0, 0.1) is 18.3 Å². The van der Waals surface area contributed by atoms with Gasteiger partial charge >= 0.3 is 5.97 Å². The van der Waals surface area contributed by atoms with Crippen LogP contribution in [0.4, 0.5) is 0 Å². The molecule has 3 nitrogen and oxygen atoms in total. The molecule has 0 atom stereocenters. The van der Waals surface area contributed by atoms with Gasteiger partial charge in [0.2, 0.25) is 0 Å². The average Bonchev–Trinajstić information content (AvgIpc) is 2.17. The minimum absolute atomic E-state index is 0.282. The monoisotopic (exact) mass is 221 g/mol. The second-order valence-corrected chi connectivity index (χ2v) is 3.53. The summed E-state index contributed by atoms with van der Waals surface area (Å²) in [5.41, 5.74) is 1.36. The van der Waals surface area contributed by atoms with Gasteiger partial charge in [-0.25, -0.2) is 4.79 Å². The quantitative estimate of drug-likeness (QED) is 0.616. The first kappa shape index (κ1) is 11.6. The summed E-state index contributed by atoms with van der Waals surface area (Å²) < 4.78 is 4.86. The Morgan fingerprint density at radius 2 is 2.27 bits per heavy atom. The largest absolute Gasteiger partial charge is 0.462 e. The average molecular weight is 221 g/mol. The molecule has 1 aromatic carbocycles. The molecule has 0 heterocycles. The maximum absolute atomic E-state index is 11.5. The fraction of sp³-hybridized carbons (Fsp3) is 0.273. The van der Waals surface area contributed by atoms with Crippen molar-refractivity contribution in [3.8, 4) is 6.07 Å². The number of rotatable bonds is 2. The molecule has 0 aromatic heterocycles. The number of aryl methyl sites for hydroxylation is 1. The molecule has 0 saturated carbocycles. The van der Waals surface area contributed by atoms with Crippen LogP contribution in [0.15, 0.2) is 17.0 Å². The molecule has 0 bridgehead atoms. The lowest BCUT2D eigenvalue weighted by Crippen LogP contribution is -2.08. The van der Waals surface area contributed by atoms with Gasteiger partial charge in [0.1, 0.15) is 6.07 Å². The number of hydrogen-bond donors (Lipinski definition) is 1. The second kappa shape index (κ2) is 4.85. The Morgan fingerprint density at radius 1 is 1.60 bits per heavy atom. The van der Waals surface area contributed by atoms with E-state index in [9.17, 15) is 4.79 Å². The molecule has 0 aliphatic carbocycles. The highest BCUT2D eigenvalue weighted by Crippen LogP contribution is 2.19. The van der Waals surface area contributed by atoms with Crippen LogP contribution >= 0.6 is 12.6 Å². The van der Waals surface area contributed by atoms with Crippen LogP contribution in [-0.2, 0) is 4.74 Å². The van der Waals surface area contributed by atoms with Crippen LogP contribution in [0.25, 0.3) is 0 Å². The van der Waals surface area contributed by atoms with E-state index in [-0.39, 0.29) is 5.56 Å². The Balaban J connectivity index is 3.28. The summed E-state index contributed by atoms with van der Waals surface area (Å²) >= 11 is 4.16. The summed E-state index contributed by atoms with van der Waals surface area (Å²) in [5, 5.41) is 8.92. The molecular formula is C11H11NO2S. The molecule has 1 aromatic rings. The van der Waals surface area contributed by atoms with Crippen molar-refractivity contribution in [1.29, 1.82) is 5.26 Å². The first-order valence-corrected chi connectivity index (χ1v) is 4.95. The fourth-order valence-electron chi connectivity index (χ4n) is 1.29. The Kier molecular flexibility index (Phi) is 3.75. The molecule has 78 valence electrons. The standard InChI is InChI=1S/C11H11NO2S/c1-3-14-11(13)9-5-8(15)4-7(2)10(9)6-12/h4-5,15H,3H2,1-2H3. The lowest BCUT2D eigenvalue weighted by atomic mass is 10.0. The second-order valence-electron chi connectivity index (χ2n) is 3.02. The number of benzene rings is 1. The van der Waals surface area contributed by atoms with Crippen LogP contribution in [0.2, 0.25) is 0 Å². The molecule has 0 aliphatic heterocycles. The van der Waals surface area contributed by atoms with Crippen molar-refractivity contribution < 1.29 is 9.53 Å². The van der Waals surface area contributed by atoms with E-state index < -0.39 is 5.97 Å². The van der Waals surface area contributed by atoms with Crippen molar-refractivity contribution in [1.82, 2.24) is 0 Å². The molecule has 0 saturated heterocycles. The van der Waals surface area contributed by atoms with E-state index in [2.05, 4.69) is 12.6 Å². The summed E-state index contributed by atoms with van der Waals surface area (Å²) in [6.45, 7) is 3.78. The van der Waals surface area contributed by atoms with Gasteiger partial charge in [0.15, 0.2) is 0 Å². The maximum atomic E-state index is 11.5. The Bertz CT molecular complexity index is 435. The van der Waals surface area contributed by atoms with E-state index in [0.29, 0.717) is 17.1 Å². The topological polar surface area (TPSA) is 50.1 Å². The third kappa shape index (κ3) is 2.51. The van der Waals surface area contributed by atoms with Gasteiger partial charge in [0.05, 0.1) is 17.7 Å². The predicted molar refractivity (Wildman–Crippen MR) is 59.1 cm³/mol. The minimum atomic E-state index is -0.479. The lowest BCUT2D eigenvalue weighted by Gasteiger charge is -2.07. The summed E-state index contributed by atoms with van der Waals surface area (Å²) in [6, 6.07) is 5.28. The van der Waals surface area contributed by atoms with E-state index in [1.54, 1.807) is 26.0 Å². The number of esters is 1. The fourth-order valence-corrected chi connectivity index (χ4v) is 1.61. The molecule has 15 heavy (non-hydrogen) atoms. The molecule has 0 amide bonds. The highest BCUT2D eigenvalue weighted by atomic mass is 32.1. The van der Waals surface area contributed by atoms with Gasteiger partial charge in [0.25, 0.3) is 0 Å². The van der Waals surface area contributed by atoms with Crippen LogP contribution in [0.5, 0.6) is 0 Å². The summed E-state index contributed by atoms with van der Waals surface area (Å²) in [6.07, 6.45) is 0. The highest BCUT2D eigenvalue weighted by Gasteiger charge is 2.15. The van der Waals surface area contributed by atoms with Gasteiger partial charge in [-0.15, -0.1) is 12.6 Å². The predicted octanol–water partition coefficient (Wildman–Crippen LogP) is 2.33. The summed E-state index contributed by atoms with van der Waals surface area (Å²) in [7, 11) is 0. The van der Waals surface area contributed by atoms with Gasteiger partial charge in [0, 0.05) is 4.90 Å². The van der Waals surface area contributed by atoms with Crippen molar-refractivity contribution in [2.24, 2.45) is 0 Å². The smallest absolute Gasteiger partial charge is 0.339 e. The van der Waals surface area contributed by atoms with Crippen molar-refractivity contribution in [2.75, 3.05) is 6.61 Å². The molecule has 4 heteroatoms. The minimum Gasteiger partial charge on any atom is -0.462 e. The normalized spacial score (nSPS) is 9.47. The van der Waals surface area contributed by atoms with E-state index >= 15 is 0 Å². The summed E-state index contributed by atoms with van der Waals surface area (Å²) in [5.74, 6) is -0.479. The molecular weight excluding hydrogens is 210 g/mol. The molecule has 0 spiro atoms. The van der Waals surface area contributed by atoms with Crippen molar-refractivity contribution in [3.05, 3.63) is 28.8 Å². The zero-order chi connectivity index (χ0) is 11.4. The first-order valence-electron chi connectivity index (χ1n) is 4.51. The van der Waals surface area contributed by atoms with Crippen LogP contribution in [0.3, 0.4) is 0 Å². The number of nitrogens with zero attached hydrogens (tertiary/aromatic N) is 1. The first-order chi connectivity index (χ1) is 7.10. The summed E-state index contributed by atoms with van der Waals surface area (Å²) in [4.78, 5) is 12.2. The maximum Gasteiger partial charge on any atom is 0.339 e. The van der Waals surface area contributed by atoms with E-state index in [1.165, 1.54) is 0 Å². The third-order valence-corrected chi connectivity index (χ3v) is 2.19. The molecule has 0 N–H and O–H groups in total. The van der Waals surface area contributed by atoms with Crippen molar-refractivity contribution >= 4 is 18.6 Å². The van der Waals surface area contributed by atoms with E-state index in [4.69, 9.17) is 10.00 Å². The SMILES string of the molecule is CCOC(=O)c1cc(S)cc(C)c1C#N. The highest BCUT2D eigenvalue weighted by molar-refractivity contribution is 7.80. The van der Waals surface area contributed by atoms with E-state index in [0.717, 1.165) is 5.56 Å². The molecule has 0 fully saturated rings. The molecule has 1 rings (SSSR count). The van der Waals surface area contributed by atoms with Crippen LogP contribution < -0.4 is 0 Å². The number of carbonyl (C=O) groups excluding carboxylic acids is 1. The van der Waals surface area contributed by atoms with Crippen molar-refractivity contribution in [2.45, 2.75) is 18.7 Å². The third-order valence-electron chi connectivity index (χ3n) is 1.93. The number of thiol groups is 1. The van der Waals surface area contributed by atoms with Gasteiger partial charge in [-0.05, 0) is 31.5 Å². The van der Waals surface area contributed by atoms with Gasteiger partial charge in [-0.2, -0.15) is 5.26 Å². The number of hydrogen-bond acceptors (Lipinski definition) is 4. The Labute approximate surface area is 94.1 Å². The van der Waals surface area contributed by atoms with Gasteiger partial charge in [-0.1, -0.05) is 0 Å². The van der Waals surface area contributed by atoms with Crippen LogP contribution in [0.1, 0.15) is 28.4 Å². The number of ether oxygens (including phenoxy) is 1. The molecule has 0 aliphatic rings.